The van der Waals surface area contributed by atoms with Gasteiger partial charge in [-0.25, -0.2) is 4.98 Å². The molecule has 0 aromatic carbocycles. The van der Waals surface area contributed by atoms with Crippen LogP contribution in [-0.2, 0) is 0 Å². The highest BCUT2D eigenvalue weighted by atomic mass is 16.1. The van der Waals surface area contributed by atoms with E-state index < -0.39 is 12.8 Å². The Morgan fingerprint density at radius 3 is 3.00 bits per heavy atom. The molecule has 1 heterocycles. The number of carbonyl (C=O) groups is 1. The van der Waals surface area contributed by atoms with Gasteiger partial charge in [0.1, 0.15) is 5.69 Å². The normalized spacial score (nSPS) is 14.8. The minimum atomic E-state index is -2.31. The van der Waals surface area contributed by atoms with Crippen LogP contribution in [-0.4, -0.2) is 10.9 Å². The van der Waals surface area contributed by atoms with Crippen molar-refractivity contribution in [2.24, 2.45) is 5.73 Å². The summed E-state index contributed by atoms with van der Waals surface area (Å²) in [4.78, 5) is 14.6. The minimum Gasteiger partial charge on any atom is -0.364 e. The van der Waals surface area contributed by atoms with Gasteiger partial charge in [-0.05, 0) is 25.4 Å². The molecule has 0 saturated carbocycles. The Balaban J connectivity index is 3.27. The minimum absolute atomic E-state index is 0.0126. The predicted octanol–water partition coefficient (Wildman–Crippen LogP) is 0.797. The van der Waals surface area contributed by atoms with Gasteiger partial charge in [0, 0.05) is 9.81 Å². The summed E-state index contributed by atoms with van der Waals surface area (Å²) in [6.07, 6.45) is 0. The summed E-state index contributed by atoms with van der Waals surface area (Å²) in [7, 11) is 0. The standard InChI is InChI=1S/C8H10N2O/c1-5-3-4-6(2)10-7(5)8(9)11/h3-4H,1-2H3,(H2,9,11)/i2D3. The first-order valence-corrected chi connectivity index (χ1v) is 3.10. The fourth-order valence-corrected chi connectivity index (χ4v) is 0.778. The third-order valence-electron chi connectivity index (χ3n) is 1.33. The molecule has 0 fully saturated rings. The second kappa shape index (κ2) is 2.70. The lowest BCUT2D eigenvalue weighted by Gasteiger charge is -2.00. The Labute approximate surface area is 69.5 Å². The van der Waals surface area contributed by atoms with Gasteiger partial charge in [0.25, 0.3) is 5.91 Å². The van der Waals surface area contributed by atoms with Crippen molar-refractivity contribution in [3.05, 3.63) is 29.1 Å². The number of nitrogens with zero attached hydrogens (tertiary/aromatic N) is 1. The van der Waals surface area contributed by atoms with Crippen LogP contribution in [0.5, 0.6) is 0 Å². The average Bonchev–Trinajstić information content (AvgIpc) is 2.02. The fourth-order valence-electron chi connectivity index (χ4n) is 0.778. The second-order valence-corrected chi connectivity index (χ2v) is 2.23. The van der Waals surface area contributed by atoms with Crippen molar-refractivity contribution in [2.75, 3.05) is 0 Å². The van der Waals surface area contributed by atoms with E-state index in [0.717, 1.165) is 0 Å². The number of rotatable bonds is 1. The lowest BCUT2D eigenvalue weighted by molar-refractivity contribution is 0.0995. The van der Waals surface area contributed by atoms with Crippen molar-refractivity contribution in [3.8, 4) is 0 Å². The molecule has 58 valence electrons. The quantitative estimate of drug-likeness (QED) is 0.648. The zero-order chi connectivity index (χ0) is 10.9. The highest BCUT2D eigenvalue weighted by molar-refractivity contribution is 5.92. The number of aryl methyl sites for hydroxylation is 2. The molecule has 2 N–H and O–H groups in total. The summed E-state index contributed by atoms with van der Waals surface area (Å²) in [5.74, 6) is -0.714. The largest absolute Gasteiger partial charge is 0.364 e. The second-order valence-electron chi connectivity index (χ2n) is 2.23. The van der Waals surface area contributed by atoms with Gasteiger partial charge in [0.2, 0.25) is 0 Å². The molecule has 1 aromatic heterocycles. The topological polar surface area (TPSA) is 56.0 Å². The van der Waals surface area contributed by atoms with Crippen LogP contribution in [0.4, 0.5) is 0 Å². The van der Waals surface area contributed by atoms with Gasteiger partial charge in [-0.1, -0.05) is 6.07 Å². The van der Waals surface area contributed by atoms with Crippen LogP contribution in [0.15, 0.2) is 12.1 Å². The molecule has 0 aliphatic carbocycles. The fraction of sp³-hybridized carbons (Fsp3) is 0.250. The van der Waals surface area contributed by atoms with Crippen molar-refractivity contribution < 1.29 is 8.91 Å². The molecule has 0 aliphatic heterocycles. The summed E-state index contributed by atoms with van der Waals surface area (Å²) < 4.78 is 21.3. The van der Waals surface area contributed by atoms with Gasteiger partial charge in [0.15, 0.2) is 0 Å². The number of primary amides is 1. The molecule has 1 amide bonds. The van der Waals surface area contributed by atoms with Crippen LogP contribution in [0, 0.1) is 13.8 Å². The highest BCUT2D eigenvalue weighted by Gasteiger charge is 2.05. The molecular formula is C8H10N2O. The van der Waals surface area contributed by atoms with E-state index in [4.69, 9.17) is 9.85 Å². The number of aromatic nitrogens is 1. The molecule has 3 nitrogen and oxygen atoms in total. The lowest BCUT2D eigenvalue weighted by atomic mass is 10.2. The predicted molar refractivity (Wildman–Crippen MR) is 42.2 cm³/mol. The number of pyridine rings is 1. The number of carbonyl (C=O) groups excluding carboxylic acids is 1. The van der Waals surface area contributed by atoms with Gasteiger partial charge in [0.05, 0.1) is 0 Å². The van der Waals surface area contributed by atoms with Crippen LogP contribution >= 0.6 is 0 Å². The summed E-state index contributed by atoms with van der Waals surface area (Å²) in [5.41, 5.74) is 5.51. The van der Waals surface area contributed by atoms with Gasteiger partial charge >= 0.3 is 0 Å². The number of amides is 1. The molecule has 0 saturated heterocycles. The van der Waals surface area contributed by atoms with Crippen molar-refractivity contribution >= 4 is 5.91 Å². The van der Waals surface area contributed by atoms with Crippen LogP contribution in [0.3, 0.4) is 0 Å². The Hall–Kier alpha value is -1.38. The molecule has 0 radical (unpaired) electrons. The molecule has 1 aromatic rings. The molecule has 0 bridgehead atoms. The smallest absolute Gasteiger partial charge is 0.267 e. The zero-order valence-electron chi connectivity index (χ0n) is 9.09. The Morgan fingerprint density at radius 2 is 2.45 bits per heavy atom. The van der Waals surface area contributed by atoms with Crippen molar-refractivity contribution in [2.45, 2.75) is 13.8 Å². The first-order chi connectivity index (χ1) is 6.32. The maximum Gasteiger partial charge on any atom is 0.267 e. The third-order valence-corrected chi connectivity index (χ3v) is 1.33. The van der Waals surface area contributed by atoms with E-state index in [1.807, 2.05) is 0 Å². The molecule has 0 atom stereocenters. The van der Waals surface area contributed by atoms with E-state index in [1.165, 1.54) is 12.1 Å². The molecule has 0 aliphatic rings. The van der Waals surface area contributed by atoms with Crippen LogP contribution in [0.25, 0.3) is 0 Å². The number of hydrogen-bond acceptors (Lipinski definition) is 2. The third kappa shape index (κ3) is 1.55. The van der Waals surface area contributed by atoms with Gasteiger partial charge in [-0.15, -0.1) is 0 Å². The molecule has 0 spiro atoms. The number of hydrogen-bond donors (Lipinski definition) is 1. The van der Waals surface area contributed by atoms with E-state index in [2.05, 4.69) is 4.98 Å². The molecule has 0 unspecified atom stereocenters. The van der Waals surface area contributed by atoms with Gasteiger partial charge < -0.3 is 5.73 Å². The first-order valence-electron chi connectivity index (χ1n) is 4.60. The zero-order valence-corrected chi connectivity index (χ0v) is 6.09. The maximum absolute atomic E-state index is 10.9. The van der Waals surface area contributed by atoms with E-state index in [0.29, 0.717) is 5.56 Å². The monoisotopic (exact) mass is 153 g/mol. The maximum atomic E-state index is 10.9. The van der Waals surface area contributed by atoms with Gasteiger partial charge in [-0.2, -0.15) is 0 Å². The van der Waals surface area contributed by atoms with Crippen molar-refractivity contribution in [1.29, 1.82) is 0 Å². The Kier molecular flexibility index (Phi) is 1.10. The average molecular weight is 153 g/mol. The van der Waals surface area contributed by atoms with Crippen LogP contribution < -0.4 is 5.73 Å². The summed E-state index contributed by atoms with van der Waals surface area (Å²) >= 11 is 0. The molecule has 3 heteroatoms. The first kappa shape index (κ1) is 4.49. The van der Waals surface area contributed by atoms with Crippen molar-refractivity contribution in [3.63, 3.8) is 0 Å². The van der Waals surface area contributed by atoms with Crippen LogP contribution in [0.2, 0.25) is 0 Å². The van der Waals surface area contributed by atoms with E-state index >= 15 is 0 Å². The number of nitrogens with two attached hydrogens (primary N) is 1. The Bertz CT molecular complexity index is 373. The summed E-state index contributed by atoms with van der Waals surface area (Å²) in [5, 5.41) is 0. The van der Waals surface area contributed by atoms with E-state index in [-0.39, 0.29) is 11.4 Å². The van der Waals surface area contributed by atoms with Crippen LogP contribution in [0.1, 0.15) is 25.9 Å². The van der Waals surface area contributed by atoms with E-state index in [1.54, 1.807) is 6.92 Å². The van der Waals surface area contributed by atoms with Crippen molar-refractivity contribution in [1.82, 2.24) is 4.98 Å². The summed E-state index contributed by atoms with van der Waals surface area (Å²) in [6, 6.07) is 2.89. The Morgan fingerprint density at radius 1 is 1.73 bits per heavy atom. The van der Waals surface area contributed by atoms with Gasteiger partial charge in [-0.3, -0.25) is 4.79 Å². The SMILES string of the molecule is [2H]C([2H])([2H])c1ccc(C)c(C(N)=O)n1. The molecule has 11 heavy (non-hydrogen) atoms. The highest BCUT2D eigenvalue weighted by Crippen LogP contribution is 2.04. The van der Waals surface area contributed by atoms with E-state index in [9.17, 15) is 4.79 Å². The molecular weight excluding hydrogens is 140 g/mol. The summed E-state index contributed by atoms with van der Waals surface area (Å²) in [6.45, 7) is -0.658. The molecule has 1 rings (SSSR count). The lowest BCUT2D eigenvalue weighted by Crippen LogP contribution is -2.15.